The molecule has 29 heavy (non-hydrogen) atoms. The van der Waals surface area contributed by atoms with Crippen molar-refractivity contribution in [3.05, 3.63) is 35.5 Å². The van der Waals surface area contributed by atoms with E-state index in [1.54, 1.807) is 18.0 Å². The lowest BCUT2D eigenvalue weighted by atomic mass is 10.0. The maximum atomic E-state index is 13.0. The van der Waals surface area contributed by atoms with Gasteiger partial charge < -0.3 is 25.4 Å². The van der Waals surface area contributed by atoms with E-state index in [0.29, 0.717) is 18.7 Å². The van der Waals surface area contributed by atoms with Crippen LogP contribution in [0.15, 0.2) is 24.3 Å². The Morgan fingerprint density at radius 2 is 2.10 bits per heavy atom. The van der Waals surface area contributed by atoms with E-state index in [1.807, 2.05) is 23.1 Å². The fraction of sp³-hybridized carbons (Fsp3) is 0.476. The molecule has 0 bridgehead atoms. The number of aromatic nitrogens is 1. The second-order valence-corrected chi connectivity index (χ2v) is 7.80. The summed E-state index contributed by atoms with van der Waals surface area (Å²) in [4.78, 5) is 32.0. The van der Waals surface area contributed by atoms with Crippen LogP contribution in [-0.4, -0.2) is 59.1 Å². The summed E-state index contributed by atoms with van der Waals surface area (Å²) in [5, 5.41) is 15.8. The van der Waals surface area contributed by atoms with E-state index >= 15 is 0 Å². The summed E-state index contributed by atoms with van der Waals surface area (Å²) >= 11 is 0. The number of fused-ring (bicyclic) bond motifs is 1. The topological polar surface area (TPSA) is 104 Å². The van der Waals surface area contributed by atoms with Crippen molar-refractivity contribution in [2.24, 2.45) is 0 Å². The molecule has 2 heterocycles. The number of H-pyrrole nitrogens is 1. The first-order valence-electron chi connectivity index (χ1n) is 10.1. The summed E-state index contributed by atoms with van der Waals surface area (Å²) in [6, 6.07) is 9.79. The molecule has 1 aromatic heterocycles. The number of rotatable bonds is 4. The summed E-state index contributed by atoms with van der Waals surface area (Å²) < 4.78 is 0. The van der Waals surface area contributed by atoms with Crippen LogP contribution in [0, 0.1) is 11.3 Å². The van der Waals surface area contributed by atoms with Crippen LogP contribution in [0.3, 0.4) is 0 Å². The predicted octanol–water partition coefficient (Wildman–Crippen LogP) is 2.52. The lowest BCUT2D eigenvalue weighted by Crippen LogP contribution is -2.56. The van der Waals surface area contributed by atoms with Crippen molar-refractivity contribution in [1.82, 2.24) is 25.4 Å². The third-order valence-electron chi connectivity index (χ3n) is 5.70. The Labute approximate surface area is 169 Å². The van der Waals surface area contributed by atoms with Gasteiger partial charge in [0.15, 0.2) is 0 Å². The van der Waals surface area contributed by atoms with Crippen LogP contribution < -0.4 is 10.6 Å². The zero-order valence-electron chi connectivity index (χ0n) is 16.6. The fourth-order valence-electron chi connectivity index (χ4n) is 4.12. The fourth-order valence-corrected chi connectivity index (χ4v) is 4.12. The summed E-state index contributed by atoms with van der Waals surface area (Å²) in [7, 11) is 1.64. The first-order chi connectivity index (χ1) is 14.1. The van der Waals surface area contributed by atoms with Crippen molar-refractivity contribution in [3.63, 3.8) is 0 Å². The number of piperidine rings is 1. The quantitative estimate of drug-likeness (QED) is 0.742. The Hall–Kier alpha value is -3.21. The van der Waals surface area contributed by atoms with E-state index in [0.717, 1.165) is 48.8 Å². The van der Waals surface area contributed by atoms with Crippen molar-refractivity contribution in [2.75, 3.05) is 20.1 Å². The highest BCUT2D eigenvalue weighted by atomic mass is 16.2. The number of hydrogen-bond donors (Lipinski definition) is 3. The van der Waals surface area contributed by atoms with Gasteiger partial charge in [-0.3, -0.25) is 0 Å². The van der Waals surface area contributed by atoms with E-state index in [-0.39, 0.29) is 24.1 Å². The molecule has 1 aliphatic heterocycles. The van der Waals surface area contributed by atoms with Crippen molar-refractivity contribution < 1.29 is 9.59 Å². The Balaban J connectivity index is 1.42. The van der Waals surface area contributed by atoms with E-state index in [1.165, 1.54) is 0 Å². The number of hydrogen-bond acceptors (Lipinski definition) is 3. The Kier molecular flexibility index (Phi) is 5.30. The average molecular weight is 394 g/mol. The molecular formula is C21H26N6O2. The van der Waals surface area contributed by atoms with Gasteiger partial charge in [-0.05, 0) is 49.3 Å². The number of nitrogens with zero attached hydrogens (tertiary/aromatic N) is 3. The molecule has 4 rings (SSSR count). The molecule has 8 nitrogen and oxygen atoms in total. The average Bonchev–Trinajstić information content (AvgIpc) is 3.49. The number of nitrogens with one attached hydrogen (secondary N) is 3. The van der Waals surface area contributed by atoms with Gasteiger partial charge in [0.05, 0.1) is 24.2 Å². The minimum absolute atomic E-state index is 0.0504. The second kappa shape index (κ2) is 8.03. The van der Waals surface area contributed by atoms with Gasteiger partial charge in [-0.15, -0.1) is 0 Å². The first kappa shape index (κ1) is 19.1. The van der Waals surface area contributed by atoms with Crippen LogP contribution in [0.2, 0.25) is 0 Å². The van der Waals surface area contributed by atoms with Gasteiger partial charge in [0.25, 0.3) is 0 Å². The maximum absolute atomic E-state index is 13.0. The monoisotopic (exact) mass is 394 g/mol. The molecule has 1 saturated carbocycles. The molecule has 1 saturated heterocycles. The van der Waals surface area contributed by atoms with Crippen LogP contribution in [0.5, 0.6) is 0 Å². The molecule has 1 aliphatic carbocycles. The summed E-state index contributed by atoms with van der Waals surface area (Å²) in [5.41, 5.74) is 2.39. The number of aromatic amines is 1. The highest BCUT2D eigenvalue weighted by Crippen LogP contribution is 2.31. The van der Waals surface area contributed by atoms with Crippen LogP contribution >= 0.6 is 0 Å². The van der Waals surface area contributed by atoms with Gasteiger partial charge in [0.2, 0.25) is 0 Å². The van der Waals surface area contributed by atoms with Gasteiger partial charge in [-0.2, -0.15) is 5.26 Å². The van der Waals surface area contributed by atoms with Gasteiger partial charge in [0, 0.05) is 37.4 Å². The third kappa shape index (κ3) is 4.14. The Bertz CT molecular complexity index is 958. The van der Waals surface area contributed by atoms with Gasteiger partial charge >= 0.3 is 12.1 Å². The predicted molar refractivity (Wildman–Crippen MR) is 109 cm³/mol. The zero-order chi connectivity index (χ0) is 20.4. The number of amides is 4. The molecule has 2 aromatic rings. The van der Waals surface area contributed by atoms with Crippen LogP contribution in [0.1, 0.15) is 36.9 Å². The van der Waals surface area contributed by atoms with E-state index in [4.69, 9.17) is 5.26 Å². The van der Waals surface area contributed by atoms with Gasteiger partial charge in [-0.1, -0.05) is 6.07 Å². The lowest BCUT2D eigenvalue weighted by molar-refractivity contribution is 0.116. The van der Waals surface area contributed by atoms with E-state index in [9.17, 15) is 9.59 Å². The van der Waals surface area contributed by atoms with E-state index in [2.05, 4.69) is 21.7 Å². The smallest absolute Gasteiger partial charge is 0.318 e. The number of carbonyl (C=O) groups is 2. The highest BCUT2D eigenvalue weighted by Gasteiger charge is 2.39. The largest absolute Gasteiger partial charge is 0.357 e. The maximum Gasteiger partial charge on any atom is 0.318 e. The van der Waals surface area contributed by atoms with Gasteiger partial charge in [-0.25, -0.2) is 9.59 Å². The highest BCUT2D eigenvalue weighted by molar-refractivity contribution is 5.82. The van der Waals surface area contributed by atoms with Crippen LogP contribution in [-0.2, 0) is 6.54 Å². The minimum atomic E-state index is -0.0827. The molecule has 152 valence electrons. The second-order valence-electron chi connectivity index (χ2n) is 7.80. The van der Waals surface area contributed by atoms with Crippen molar-refractivity contribution >= 4 is 23.0 Å². The normalized spacial score (nSPS) is 18.9. The zero-order valence-corrected chi connectivity index (χ0v) is 16.6. The molecule has 2 aliphatic rings. The molecule has 2 fully saturated rings. The van der Waals surface area contributed by atoms with Crippen molar-refractivity contribution in [3.8, 4) is 6.07 Å². The molecular weight excluding hydrogens is 368 g/mol. The lowest BCUT2D eigenvalue weighted by Gasteiger charge is -2.39. The van der Waals surface area contributed by atoms with Crippen molar-refractivity contribution in [1.29, 1.82) is 5.26 Å². The number of urea groups is 2. The SMILES string of the molecule is CNC(=O)N1CCCC(N(C(=O)NCc2cc3ccc(C#N)cc3[nH]2)C2CC2)C1. The Morgan fingerprint density at radius 3 is 2.83 bits per heavy atom. The van der Waals surface area contributed by atoms with E-state index < -0.39 is 0 Å². The molecule has 1 unspecified atom stereocenters. The minimum Gasteiger partial charge on any atom is -0.357 e. The first-order valence-corrected chi connectivity index (χ1v) is 10.1. The third-order valence-corrected chi connectivity index (χ3v) is 5.70. The Morgan fingerprint density at radius 1 is 1.28 bits per heavy atom. The molecule has 1 atom stereocenters. The molecule has 3 N–H and O–H groups in total. The molecule has 1 aromatic carbocycles. The number of benzene rings is 1. The number of carbonyl (C=O) groups excluding carboxylic acids is 2. The van der Waals surface area contributed by atoms with Crippen LogP contribution in [0.25, 0.3) is 10.9 Å². The molecule has 0 spiro atoms. The summed E-state index contributed by atoms with van der Waals surface area (Å²) in [6.07, 6.45) is 3.86. The number of nitriles is 1. The van der Waals surface area contributed by atoms with Crippen molar-refractivity contribution in [2.45, 2.75) is 44.3 Å². The standard InChI is InChI=1S/C21H26N6O2/c1-23-20(28)26-8-2-3-18(13-26)27(17-6-7-17)21(29)24-12-16-10-15-5-4-14(11-22)9-19(15)25-16/h4-5,9-10,17-18,25H,2-3,6-8,12-13H2,1H3,(H,23,28)(H,24,29). The summed E-state index contributed by atoms with van der Waals surface area (Å²) in [5.74, 6) is 0. The summed E-state index contributed by atoms with van der Waals surface area (Å²) in [6.45, 7) is 1.70. The number of likely N-dealkylation sites (tertiary alicyclic amines) is 1. The molecule has 4 amide bonds. The molecule has 0 radical (unpaired) electrons. The van der Waals surface area contributed by atoms with Crippen LogP contribution in [0.4, 0.5) is 9.59 Å². The molecule has 8 heteroatoms. The van der Waals surface area contributed by atoms with Gasteiger partial charge in [0.1, 0.15) is 0 Å².